The van der Waals surface area contributed by atoms with Crippen molar-refractivity contribution < 1.29 is 9.59 Å². The number of hydrogen-bond donors (Lipinski definition) is 3. The minimum Gasteiger partial charge on any atom is -0.383 e. The number of carbonyl (C=O) groups excluding carboxylic acids is 2. The summed E-state index contributed by atoms with van der Waals surface area (Å²) in [5.41, 5.74) is 9.43. The number of nitrogens with one attached hydrogen (secondary N) is 2. The highest BCUT2D eigenvalue weighted by Gasteiger charge is 2.30. The van der Waals surface area contributed by atoms with Crippen LogP contribution in [0.15, 0.2) is 48.9 Å². The Bertz CT molecular complexity index is 1290. The lowest BCUT2D eigenvalue weighted by Gasteiger charge is -2.16. The number of hydrogen-bond acceptors (Lipinski definition) is 6. The van der Waals surface area contributed by atoms with E-state index in [0.717, 1.165) is 22.2 Å². The van der Waals surface area contributed by atoms with Gasteiger partial charge in [0.05, 0.1) is 22.8 Å². The van der Waals surface area contributed by atoms with Gasteiger partial charge in [-0.05, 0) is 24.6 Å². The van der Waals surface area contributed by atoms with Gasteiger partial charge in [-0.3, -0.25) is 14.3 Å². The predicted molar refractivity (Wildman–Crippen MR) is 119 cm³/mol. The first-order chi connectivity index (χ1) is 15.5. The lowest BCUT2D eigenvalue weighted by atomic mass is 10.1. The number of imidazole rings is 1. The van der Waals surface area contributed by atoms with Gasteiger partial charge in [-0.25, -0.2) is 9.97 Å². The summed E-state index contributed by atoms with van der Waals surface area (Å²) < 4.78 is 1.68. The van der Waals surface area contributed by atoms with Crippen molar-refractivity contribution in [1.29, 1.82) is 0 Å². The molecule has 1 aliphatic heterocycles. The van der Waals surface area contributed by atoms with Crippen LogP contribution in [0.4, 0.5) is 5.82 Å². The van der Waals surface area contributed by atoms with Gasteiger partial charge in [-0.2, -0.15) is 5.10 Å². The van der Waals surface area contributed by atoms with Gasteiger partial charge < -0.3 is 20.9 Å². The first kappa shape index (κ1) is 19.7. The third-order valence-corrected chi connectivity index (χ3v) is 5.60. The number of H-pyrrole nitrogens is 1. The number of para-hydroxylation sites is 2. The number of carbonyl (C=O) groups is 2. The van der Waals surface area contributed by atoms with Crippen LogP contribution in [-0.4, -0.2) is 60.6 Å². The number of aromatic amines is 1. The summed E-state index contributed by atoms with van der Waals surface area (Å²) in [6, 6.07) is 9.03. The van der Waals surface area contributed by atoms with Gasteiger partial charge in [-0.15, -0.1) is 0 Å². The van der Waals surface area contributed by atoms with E-state index in [1.54, 1.807) is 28.0 Å². The van der Waals surface area contributed by atoms with Crippen molar-refractivity contribution >= 4 is 28.7 Å². The highest BCUT2D eigenvalue weighted by molar-refractivity contribution is 6.00. The number of pyridine rings is 1. The molecule has 162 valence electrons. The number of aromatic nitrogens is 5. The third kappa shape index (κ3) is 3.66. The number of nitrogens with zero attached hydrogens (tertiary/aromatic N) is 5. The average Bonchev–Trinajstić information content (AvgIpc) is 3.53. The van der Waals surface area contributed by atoms with E-state index in [0.29, 0.717) is 30.9 Å². The number of nitrogen functional groups attached to an aromatic ring is 1. The van der Waals surface area contributed by atoms with Crippen LogP contribution < -0.4 is 11.1 Å². The molecule has 0 saturated carbocycles. The fraction of sp³-hybridized carbons (Fsp3) is 0.227. The number of nitrogens with two attached hydrogens (primary N) is 1. The lowest BCUT2D eigenvalue weighted by molar-refractivity contribution is 0.0773. The molecule has 10 heteroatoms. The smallest absolute Gasteiger partial charge is 0.289 e. The molecule has 1 atom stereocenters. The molecule has 1 aliphatic rings. The Balaban J connectivity index is 1.27. The maximum Gasteiger partial charge on any atom is 0.289 e. The van der Waals surface area contributed by atoms with Crippen LogP contribution in [0.2, 0.25) is 0 Å². The Morgan fingerprint density at radius 3 is 2.84 bits per heavy atom. The zero-order valence-electron chi connectivity index (χ0n) is 17.4. The molecule has 1 saturated heterocycles. The standard InChI is InChI=1S/C22H22N8O2/c1-29-11-14(10-25-29)13-8-16(19(23)24-9-13)21(31)26-15-6-7-30(12-15)22(32)20-27-17-4-2-3-5-18(17)28-20/h2-5,8-11,15H,6-7,12H2,1H3,(H2,23,24)(H,26,31)(H,27,28). The highest BCUT2D eigenvalue weighted by Crippen LogP contribution is 2.22. The molecule has 0 aliphatic carbocycles. The maximum atomic E-state index is 12.9. The fourth-order valence-electron chi connectivity index (χ4n) is 3.91. The molecule has 32 heavy (non-hydrogen) atoms. The molecule has 4 aromatic rings. The van der Waals surface area contributed by atoms with Crippen molar-refractivity contribution in [2.45, 2.75) is 12.5 Å². The number of aryl methyl sites for hydroxylation is 1. The van der Waals surface area contributed by atoms with Crippen LogP contribution in [-0.2, 0) is 7.05 Å². The molecular weight excluding hydrogens is 408 g/mol. The summed E-state index contributed by atoms with van der Waals surface area (Å²) >= 11 is 0. The molecule has 1 unspecified atom stereocenters. The summed E-state index contributed by atoms with van der Waals surface area (Å²) in [6.07, 6.45) is 5.81. The molecule has 3 aromatic heterocycles. The summed E-state index contributed by atoms with van der Waals surface area (Å²) in [7, 11) is 1.82. The van der Waals surface area contributed by atoms with Crippen LogP contribution in [0, 0.1) is 0 Å². The van der Waals surface area contributed by atoms with E-state index in [2.05, 4.69) is 25.4 Å². The van der Waals surface area contributed by atoms with E-state index in [9.17, 15) is 9.59 Å². The molecule has 1 fully saturated rings. The molecule has 4 N–H and O–H groups in total. The van der Waals surface area contributed by atoms with Crippen molar-refractivity contribution in [2.75, 3.05) is 18.8 Å². The summed E-state index contributed by atoms with van der Waals surface area (Å²) in [6.45, 7) is 0.932. The van der Waals surface area contributed by atoms with Gasteiger partial charge >= 0.3 is 0 Å². The van der Waals surface area contributed by atoms with E-state index < -0.39 is 0 Å². The van der Waals surface area contributed by atoms with Gasteiger partial charge in [0.1, 0.15) is 5.82 Å². The minimum absolute atomic E-state index is 0.156. The van der Waals surface area contributed by atoms with Crippen molar-refractivity contribution in [3.05, 3.63) is 60.3 Å². The first-order valence-electron chi connectivity index (χ1n) is 10.3. The monoisotopic (exact) mass is 430 g/mol. The van der Waals surface area contributed by atoms with E-state index in [-0.39, 0.29) is 23.7 Å². The largest absolute Gasteiger partial charge is 0.383 e. The fourth-order valence-corrected chi connectivity index (χ4v) is 3.91. The maximum absolute atomic E-state index is 12.9. The second kappa shape index (κ2) is 7.80. The normalized spacial score (nSPS) is 15.9. The quantitative estimate of drug-likeness (QED) is 0.450. The number of rotatable bonds is 4. The van der Waals surface area contributed by atoms with Crippen molar-refractivity contribution in [1.82, 2.24) is 34.9 Å². The Kier molecular flexibility index (Phi) is 4.81. The second-order valence-electron chi connectivity index (χ2n) is 7.87. The van der Waals surface area contributed by atoms with Crippen molar-refractivity contribution in [2.24, 2.45) is 7.05 Å². The zero-order valence-corrected chi connectivity index (χ0v) is 17.4. The molecular formula is C22H22N8O2. The van der Waals surface area contributed by atoms with E-state index in [1.807, 2.05) is 37.5 Å². The molecule has 2 amide bonds. The number of fused-ring (bicyclic) bond motifs is 1. The Hall–Kier alpha value is -4.21. The minimum atomic E-state index is -0.316. The van der Waals surface area contributed by atoms with Crippen LogP contribution in [0.1, 0.15) is 27.4 Å². The molecule has 4 heterocycles. The number of likely N-dealkylation sites (tertiary alicyclic amines) is 1. The van der Waals surface area contributed by atoms with Gasteiger partial charge in [0.2, 0.25) is 0 Å². The van der Waals surface area contributed by atoms with Gasteiger partial charge in [-0.1, -0.05) is 12.1 Å². The third-order valence-electron chi connectivity index (χ3n) is 5.60. The SMILES string of the molecule is Cn1cc(-c2cnc(N)c(C(=O)NC3CCN(C(=O)c4nc5ccccc5[nH]4)C3)c2)cn1. The van der Waals surface area contributed by atoms with Crippen LogP contribution in [0.3, 0.4) is 0 Å². The molecule has 10 nitrogen and oxygen atoms in total. The molecule has 1 aromatic carbocycles. The van der Waals surface area contributed by atoms with Crippen LogP contribution in [0.25, 0.3) is 22.2 Å². The van der Waals surface area contributed by atoms with E-state index in [1.165, 1.54) is 0 Å². The number of amides is 2. The van der Waals surface area contributed by atoms with E-state index >= 15 is 0 Å². The summed E-state index contributed by atoms with van der Waals surface area (Å²) in [5, 5.41) is 7.13. The van der Waals surface area contributed by atoms with Crippen molar-refractivity contribution in [3.8, 4) is 11.1 Å². The average molecular weight is 430 g/mol. The summed E-state index contributed by atoms with van der Waals surface area (Å²) in [4.78, 5) is 39.1. The second-order valence-corrected chi connectivity index (χ2v) is 7.87. The predicted octanol–water partition coefficient (Wildman–Crippen LogP) is 1.59. The highest BCUT2D eigenvalue weighted by atomic mass is 16.2. The zero-order chi connectivity index (χ0) is 22.2. The van der Waals surface area contributed by atoms with Crippen LogP contribution >= 0.6 is 0 Å². The molecule has 0 bridgehead atoms. The van der Waals surface area contributed by atoms with Gasteiger partial charge in [0.15, 0.2) is 5.82 Å². The molecule has 0 spiro atoms. The van der Waals surface area contributed by atoms with E-state index in [4.69, 9.17) is 5.73 Å². The van der Waals surface area contributed by atoms with Crippen molar-refractivity contribution in [3.63, 3.8) is 0 Å². The number of anilines is 1. The Labute approximate surface area is 183 Å². The Morgan fingerprint density at radius 1 is 1.22 bits per heavy atom. The molecule has 5 rings (SSSR count). The molecule has 0 radical (unpaired) electrons. The lowest BCUT2D eigenvalue weighted by Crippen LogP contribution is -2.39. The van der Waals surface area contributed by atoms with Crippen LogP contribution in [0.5, 0.6) is 0 Å². The summed E-state index contributed by atoms with van der Waals surface area (Å²) in [5.74, 6) is -0.0411. The first-order valence-corrected chi connectivity index (χ1v) is 10.3. The number of benzene rings is 1. The Morgan fingerprint density at radius 2 is 2.06 bits per heavy atom. The van der Waals surface area contributed by atoms with Gasteiger partial charge in [0.25, 0.3) is 11.8 Å². The van der Waals surface area contributed by atoms with Gasteiger partial charge in [0, 0.05) is 49.7 Å². The topological polar surface area (TPSA) is 135 Å².